The number of amides is 1. The van der Waals surface area contributed by atoms with Crippen molar-refractivity contribution >= 4 is 29.0 Å². The maximum absolute atomic E-state index is 12.7. The Balaban J connectivity index is 1.59. The minimum atomic E-state index is -0.257. The number of Topliss-reactive ketones (excluding diaryl/α,β-unsaturated/α-hetero) is 1. The third-order valence-electron chi connectivity index (χ3n) is 4.67. The second kappa shape index (κ2) is 9.65. The lowest BCUT2D eigenvalue weighted by Gasteiger charge is -2.26. The van der Waals surface area contributed by atoms with E-state index in [4.69, 9.17) is 11.6 Å². The molecule has 6 heteroatoms. The molecule has 27 heavy (non-hydrogen) atoms. The van der Waals surface area contributed by atoms with Crippen LogP contribution in [0.4, 0.5) is 5.69 Å². The highest BCUT2D eigenvalue weighted by atomic mass is 35.5. The van der Waals surface area contributed by atoms with Gasteiger partial charge in [0.05, 0.1) is 5.69 Å². The summed E-state index contributed by atoms with van der Waals surface area (Å²) in [4.78, 5) is 27.5. The molecule has 2 aromatic rings. The second-order valence-corrected chi connectivity index (χ2v) is 7.06. The number of anilines is 1. The number of benzene rings is 2. The first-order valence-corrected chi connectivity index (χ1v) is 9.63. The molecular formula is C21H24ClN3O2. The number of hydrogen-bond donors (Lipinski definition) is 2. The van der Waals surface area contributed by atoms with Crippen molar-refractivity contribution in [2.75, 3.05) is 38.0 Å². The number of piperazine rings is 1. The van der Waals surface area contributed by atoms with Crippen LogP contribution in [0.25, 0.3) is 0 Å². The zero-order chi connectivity index (χ0) is 19.1. The van der Waals surface area contributed by atoms with Crippen molar-refractivity contribution in [1.29, 1.82) is 0 Å². The lowest BCUT2D eigenvalue weighted by molar-refractivity contribution is 0.0974. The predicted octanol–water partition coefficient (Wildman–Crippen LogP) is 3.46. The second-order valence-electron chi connectivity index (χ2n) is 6.62. The van der Waals surface area contributed by atoms with Crippen LogP contribution in [0.15, 0.2) is 48.5 Å². The maximum atomic E-state index is 12.7. The van der Waals surface area contributed by atoms with Gasteiger partial charge in [-0.15, -0.1) is 0 Å². The zero-order valence-electron chi connectivity index (χ0n) is 15.2. The van der Waals surface area contributed by atoms with Crippen LogP contribution in [0.2, 0.25) is 5.02 Å². The molecule has 1 fully saturated rings. The fourth-order valence-corrected chi connectivity index (χ4v) is 3.29. The van der Waals surface area contributed by atoms with Crippen LogP contribution in [0.3, 0.4) is 0 Å². The van der Waals surface area contributed by atoms with Crippen molar-refractivity contribution in [3.63, 3.8) is 0 Å². The van der Waals surface area contributed by atoms with Gasteiger partial charge in [-0.3, -0.25) is 9.59 Å². The molecule has 1 heterocycles. The van der Waals surface area contributed by atoms with Crippen LogP contribution in [-0.4, -0.2) is 49.3 Å². The van der Waals surface area contributed by atoms with Gasteiger partial charge in [0, 0.05) is 48.7 Å². The first-order valence-electron chi connectivity index (χ1n) is 9.26. The number of hydrogen-bond acceptors (Lipinski definition) is 4. The van der Waals surface area contributed by atoms with Gasteiger partial charge in [0.25, 0.3) is 5.91 Å². The molecule has 1 aliphatic rings. The molecule has 0 saturated carbocycles. The lowest BCUT2D eigenvalue weighted by Crippen LogP contribution is -2.43. The van der Waals surface area contributed by atoms with Gasteiger partial charge in [-0.2, -0.15) is 0 Å². The summed E-state index contributed by atoms with van der Waals surface area (Å²) in [6.45, 7) is 5.00. The van der Waals surface area contributed by atoms with Gasteiger partial charge in [-0.1, -0.05) is 23.7 Å². The van der Waals surface area contributed by atoms with Crippen molar-refractivity contribution in [1.82, 2.24) is 10.2 Å². The van der Waals surface area contributed by atoms with Crippen molar-refractivity contribution in [2.45, 2.75) is 12.8 Å². The molecule has 0 aromatic heterocycles. The van der Waals surface area contributed by atoms with E-state index >= 15 is 0 Å². The fraction of sp³-hybridized carbons (Fsp3) is 0.333. The van der Waals surface area contributed by atoms with Gasteiger partial charge >= 0.3 is 0 Å². The Kier molecular flexibility index (Phi) is 6.98. The molecule has 0 bridgehead atoms. The number of halogens is 1. The zero-order valence-corrected chi connectivity index (χ0v) is 16.0. The smallest absolute Gasteiger partial charge is 0.255 e. The number of para-hydroxylation sites is 1. The molecule has 0 atom stereocenters. The van der Waals surface area contributed by atoms with Gasteiger partial charge < -0.3 is 15.5 Å². The molecule has 3 rings (SSSR count). The molecule has 2 aromatic carbocycles. The first-order chi connectivity index (χ1) is 13.1. The number of nitrogens with one attached hydrogen (secondary N) is 2. The monoisotopic (exact) mass is 385 g/mol. The molecule has 5 nitrogen and oxygen atoms in total. The lowest BCUT2D eigenvalue weighted by atomic mass is 10.0. The maximum Gasteiger partial charge on any atom is 0.255 e. The number of carbonyl (C=O) groups excluding carboxylic acids is 2. The Morgan fingerprint density at radius 1 is 1.04 bits per heavy atom. The molecule has 1 aliphatic heterocycles. The highest BCUT2D eigenvalue weighted by Crippen LogP contribution is 2.19. The van der Waals surface area contributed by atoms with E-state index in [-0.39, 0.29) is 11.7 Å². The molecule has 2 N–H and O–H groups in total. The van der Waals surface area contributed by atoms with Crippen molar-refractivity contribution in [2.24, 2.45) is 0 Å². The third kappa shape index (κ3) is 5.63. The van der Waals surface area contributed by atoms with E-state index in [9.17, 15) is 9.59 Å². The van der Waals surface area contributed by atoms with E-state index in [0.717, 1.165) is 39.1 Å². The highest BCUT2D eigenvalue weighted by molar-refractivity contribution is 6.30. The van der Waals surface area contributed by atoms with Crippen LogP contribution in [0.1, 0.15) is 33.6 Å². The summed E-state index contributed by atoms with van der Waals surface area (Å²) >= 11 is 5.86. The molecule has 0 unspecified atom stereocenters. The Hall–Kier alpha value is -2.21. The summed E-state index contributed by atoms with van der Waals surface area (Å²) in [6, 6.07) is 13.8. The van der Waals surface area contributed by atoms with Crippen molar-refractivity contribution in [3.05, 3.63) is 64.7 Å². The summed E-state index contributed by atoms with van der Waals surface area (Å²) < 4.78 is 0. The van der Waals surface area contributed by atoms with Gasteiger partial charge in [-0.05, 0) is 49.4 Å². The molecule has 0 spiro atoms. The standard InChI is InChI=1S/C21H24ClN3O2/c22-17-9-7-16(8-10-17)21(27)24-19-5-2-1-4-18(19)20(26)6-3-13-25-14-11-23-12-15-25/h1-2,4-5,7-10,23H,3,6,11-15H2,(H,24,27). The Morgan fingerprint density at radius 2 is 1.74 bits per heavy atom. The van der Waals surface area contributed by atoms with Gasteiger partial charge in [0.15, 0.2) is 5.78 Å². The average molecular weight is 386 g/mol. The summed E-state index contributed by atoms with van der Waals surface area (Å²) in [5.41, 5.74) is 1.60. The first kappa shape index (κ1) is 19.5. The predicted molar refractivity (Wildman–Crippen MR) is 109 cm³/mol. The van der Waals surface area contributed by atoms with Crippen molar-refractivity contribution in [3.8, 4) is 0 Å². The number of nitrogens with zero attached hydrogens (tertiary/aromatic N) is 1. The minimum absolute atomic E-state index is 0.0529. The average Bonchev–Trinajstić information content (AvgIpc) is 2.69. The van der Waals surface area contributed by atoms with Gasteiger partial charge in [-0.25, -0.2) is 0 Å². The number of ketones is 1. The molecular weight excluding hydrogens is 362 g/mol. The Bertz CT molecular complexity index is 786. The third-order valence-corrected chi connectivity index (χ3v) is 4.92. The molecule has 1 amide bonds. The van der Waals surface area contributed by atoms with Crippen LogP contribution in [0.5, 0.6) is 0 Å². The van der Waals surface area contributed by atoms with E-state index in [0.29, 0.717) is 28.3 Å². The normalized spacial score (nSPS) is 14.7. The SMILES string of the molecule is O=C(Nc1ccccc1C(=O)CCCN1CCNCC1)c1ccc(Cl)cc1. The summed E-state index contributed by atoms with van der Waals surface area (Å²) in [7, 11) is 0. The Labute approximate surface area is 164 Å². The highest BCUT2D eigenvalue weighted by Gasteiger charge is 2.15. The van der Waals surface area contributed by atoms with Crippen LogP contribution < -0.4 is 10.6 Å². The fourth-order valence-electron chi connectivity index (χ4n) is 3.16. The summed E-state index contributed by atoms with van der Waals surface area (Å²) in [6.07, 6.45) is 1.29. The topological polar surface area (TPSA) is 61.4 Å². The van der Waals surface area contributed by atoms with E-state index in [2.05, 4.69) is 15.5 Å². The summed E-state index contributed by atoms with van der Waals surface area (Å²) in [5, 5.41) is 6.75. The van der Waals surface area contributed by atoms with Crippen LogP contribution in [-0.2, 0) is 0 Å². The molecule has 0 aliphatic carbocycles. The van der Waals surface area contributed by atoms with Crippen LogP contribution in [0, 0.1) is 0 Å². The van der Waals surface area contributed by atoms with E-state index in [1.807, 2.05) is 12.1 Å². The van der Waals surface area contributed by atoms with Gasteiger partial charge in [0.2, 0.25) is 0 Å². The number of carbonyl (C=O) groups is 2. The van der Waals surface area contributed by atoms with Crippen molar-refractivity contribution < 1.29 is 9.59 Å². The van der Waals surface area contributed by atoms with E-state index in [1.54, 1.807) is 36.4 Å². The van der Waals surface area contributed by atoms with E-state index < -0.39 is 0 Å². The van der Waals surface area contributed by atoms with E-state index in [1.165, 1.54) is 0 Å². The summed E-state index contributed by atoms with van der Waals surface area (Å²) in [5.74, 6) is -0.204. The molecule has 1 saturated heterocycles. The Morgan fingerprint density at radius 3 is 2.48 bits per heavy atom. The largest absolute Gasteiger partial charge is 0.321 e. The molecule has 142 valence electrons. The minimum Gasteiger partial charge on any atom is -0.321 e. The molecule has 0 radical (unpaired) electrons. The quantitative estimate of drug-likeness (QED) is 0.716. The van der Waals surface area contributed by atoms with Gasteiger partial charge in [0.1, 0.15) is 0 Å². The van der Waals surface area contributed by atoms with Crippen LogP contribution >= 0.6 is 11.6 Å². The number of rotatable bonds is 7.